The molecule has 2 N–H and O–H groups in total. The van der Waals surface area contributed by atoms with Crippen LogP contribution in [0.4, 0.5) is 0 Å². The Morgan fingerprint density at radius 2 is 2.18 bits per heavy atom. The predicted octanol–water partition coefficient (Wildman–Crippen LogP) is 1.10. The highest BCUT2D eigenvalue weighted by Gasteiger charge is 2.18. The Balaban J connectivity index is 1.57. The third kappa shape index (κ3) is 4.13. The minimum Gasteiger partial charge on any atom is -0.393 e. The lowest BCUT2D eigenvalue weighted by Crippen LogP contribution is -2.29. The van der Waals surface area contributed by atoms with Crippen LogP contribution in [0.15, 0.2) is 12.4 Å². The first kappa shape index (κ1) is 12.6. The van der Waals surface area contributed by atoms with Gasteiger partial charge < -0.3 is 10.4 Å². The van der Waals surface area contributed by atoms with Crippen molar-refractivity contribution >= 4 is 0 Å². The van der Waals surface area contributed by atoms with Crippen molar-refractivity contribution in [3.05, 3.63) is 18.0 Å². The van der Waals surface area contributed by atoms with E-state index in [0.717, 1.165) is 38.3 Å². The topological polar surface area (TPSA) is 50.1 Å². The van der Waals surface area contributed by atoms with Crippen LogP contribution in [0.2, 0.25) is 0 Å². The quantitative estimate of drug-likeness (QED) is 0.754. The summed E-state index contributed by atoms with van der Waals surface area (Å²) in [7, 11) is 1.95. The molecule has 1 fully saturated rings. The number of aromatic nitrogens is 2. The van der Waals surface area contributed by atoms with Gasteiger partial charge in [0.2, 0.25) is 0 Å². The summed E-state index contributed by atoms with van der Waals surface area (Å²) < 4.78 is 1.85. The van der Waals surface area contributed by atoms with Gasteiger partial charge in [0.25, 0.3) is 0 Å². The normalized spacial score (nSPS) is 25.1. The maximum absolute atomic E-state index is 9.42. The van der Waals surface area contributed by atoms with Crippen LogP contribution >= 0.6 is 0 Å². The van der Waals surface area contributed by atoms with Gasteiger partial charge in [-0.3, -0.25) is 4.68 Å². The summed E-state index contributed by atoms with van der Waals surface area (Å²) in [6.45, 7) is 2.11. The fourth-order valence-electron chi connectivity index (χ4n) is 2.49. The maximum Gasteiger partial charge on any atom is 0.0540 e. The van der Waals surface area contributed by atoms with Gasteiger partial charge in [-0.2, -0.15) is 5.10 Å². The van der Waals surface area contributed by atoms with E-state index in [1.54, 1.807) is 0 Å². The van der Waals surface area contributed by atoms with E-state index in [0.29, 0.717) is 0 Å². The monoisotopic (exact) mass is 237 g/mol. The molecule has 1 aromatic heterocycles. The summed E-state index contributed by atoms with van der Waals surface area (Å²) >= 11 is 0. The Labute approximate surface area is 103 Å². The van der Waals surface area contributed by atoms with Gasteiger partial charge in [0.15, 0.2) is 0 Å². The fourth-order valence-corrected chi connectivity index (χ4v) is 2.49. The van der Waals surface area contributed by atoms with E-state index in [1.165, 1.54) is 18.4 Å². The summed E-state index contributed by atoms with van der Waals surface area (Å²) in [5.41, 5.74) is 1.29. The zero-order valence-electron chi connectivity index (χ0n) is 10.6. The van der Waals surface area contributed by atoms with Gasteiger partial charge in [-0.25, -0.2) is 0 Å². The molecule has 96 valence electrons. The number of rotatable bonds is 5. The second kappa shape index (κ2) is 6.17. The molecule has 1 aliphatic rings. The molecule has 0 saturated heterocycles. The molecule has 0 atom stereocenters. The maximum atomic E-state index is 9.42. The lowest BCUT2D eigenvalue weighted by atomic mass is 9.87. The van der Waals surface area contributed by atoms with E-state index in [1.807, 2.05) is 17.9 Å². The summed E-state index contributed by atoms with van der Waals surface area (Å²) in [5, 5.41) is 17.1. The Kier molecular flexibility index (Phi) is 4.57. The van der Waals surface area contributed by atoms with Crippen LogP contribution in [0.1, 0.15) is 31.2 Å². The molecule has 0 bridgehead atoms. The number of nitrogens with one attached hydrogen (secondary N) is 1. The van der Waals surface area contributed by atoms with Crippen molar-refractivity contribution < 1.29 is 5.11 Å². The van der Waals surface area contributed by atoms with Gasteiger partial charge in [-0.15, -0.1) is 0 Å². The molecule has 0 aromatic carbocycles. The number of aliphatic hydroxyl groups excluding tert-OH is 1. The molecule has 1 aromatic rings. The molecule has 0 radical (unpaired) electrons. The molecule has 1 saturated carbocycles. The van der Waals surface area contributed by atoms with Crippen molar-refractivity contribution in [1.29, 1.82) is 0 Å². The zero-order chi connectivity index (χ0) is 12.1. The molecule has 4 heteroatoms. The van der Waals surface area contributed by atoms with Crippen LogP contribution in [0, 0.1) is 5.92 Å². The Bertz CT molecular complexity index is 329. The van der Waals surface area contributed by atoms with Crippen molar-refractivity contribution in [2.75, 3.05) is 13.1 Å². The lowest BCUT2D eigenvalue weighted by Gasteiger charge is -2.25. The average Bonchev–Trinajstić information content (AvgIpc) is 2.73. The molecule has 1 aliphatic carbocycles. The molecule has 0 amide bonds. The van der Waals surface area contributed by atoms with Crippen molar-refractivity contribution in [2.45, 2.75) is 38.2 Å². The highest BCUT2D eigenvalue weighted by Crippen LogP contribution is 2.23. The minimum absolute atomic E-state index is 0.0401. The highest BCUT2D eigenvalue weighted by molar-refractivity contribution is 5.03. The number of aryl methyl sites for hydroxylation is 1. The van der Waals surface area contributed by atoms with Crippen molar-refractivity contribution in [3.8, 4) is 0 Å². The van der Waals surface area contributed by atoms with Gasteiger partial charge in [0.1, 0.15) is 0 Å². The molecule has 0 aliphatic heterocycles. The molecule has 0 unspecified atom stereocenters. The van der Waals surface area contributed by atoms with E-state index in [2.05, 4.69) is 16.6 Å². The van der Waals surface area contributed by atoms with E-state index in [9.17, 15) is 5.11 Å². The summed E-state index contributed by atoms with van der Waals surface area (Å²) in [5.74, 6) is 0.757. The Morgan fingerprint density at radius 1 is 1.41 bits per heavy atom. The van der Waals surface area contributed by atoms with E-state index < -0.39 is 0 Å². The summed E-state index contributed by atoms with van der Waals surface area (Å²) in [6.07, 6.45) is 9.30. The first-order chi connectivity index (χ1) is 8.24. The van der Waals surface area contributed by atoms with E-state index in [4.69, 9.17) is 0 Å². The van der Waals surface area contributed by atoms with Gasteiger partial charge in [0, 0.05) is 13.2 Å². The first-order valence-electron chi connectivity index (χ1n) is 6.60. The van der Waals surface area contributed by atoms with Crippen molar-refractivity contribution in [2.24, 2.45) is 13.0 Å². The Hall–Kier alpha value is -0.870. The predicted molar refractivity (Wildman–Crippen MR) is 67.7 cm³/mol. The number of aliphatic hydroxyl groups is 1. The van der Waals surface area contributed by atoms with Crippen LogP contribution in [0.3, 0.4) is 0 Å². The molecular weight excluding hydrogens is 214 g/mol. The largest absolute Gasteiger partial charge is 0.393 e. The molecule has 2 rings (SSSR count). The third-order valence-electron chi connectivity index (χ3n) is 3.60. The van der Waals surface area contributed by atoms with Crippen LogP contribution in [-0.4, -0.2) is 34.1 Å². The van der Waals surface area contributed by atoms with Gasteiger partial charge in [-0.1, -0.05) is 0 Å². The smallest absolute Gasteiger partial charge is 0.0540 e. The standard InChI is InChI=1S/C13H23N3O/c1-16-10-12(9-15-16)6-7-14-8-11-2-4-13(17)5-3-11/h9-11,13-14,17H,2-8H2,1H3. The Morgan fingerprint density at radius 3 is 2.82 bits per heavy atom. The number of nitrogens with zero attached hydrogens (tertiary/aromatic N) is 2. The lowest BCUT2D eigenvalue weighted by molar-refractivity contribution is 0.108. The second-order valence-electron chi connectivity index (χ2n) is 5.15. The number of hydrogen-bond acceptors (Lipinski definition) is 3. The van der Waals surface area contributed by atoms with Crippen molar-refractivity contribution in [3.63, 3.8) is 0 Å². The van der Waals surface area contributed by atoms with Crippen LogP contribution in [0.5, 0.6) is 0 Å². The van der Waals surface area contributed by atoms with Gasteiger partial charge in [0.05, 0.1) is 12.3 Å². The SMILES string of the molecule is Cn1cc(CCNCC2CCC(O)CC2)cn1. The molecule has 0 spiro atoms. The van der Waals surface area contributed by atoms with Crippen LogP contribution in [-0.2, 0) is 13.5 Å². The fraction of sp³-hybridized carbons (Fsp3) is 0.769. The van der Waals surface area contributed by atoms with E-state index >= 15 is 0 Å². The summed E-state index contributed by atoms with van der Waals surface area (Å²) in [4.78, 5) is 0. The average molecular weight is 237 g/mol. The zero-order valence-corrected chi connectivity index (χ0v) is 10.6. The third-order valence-corrected chi connectivity index (χ3v) is 3.60. The van der Waals surface area contributed by atoms with Gasteiger partial charge in [-0.05, 0) is 56.7 Å². The molecule has 4 nitrogen and oxygen atoms in total. The molecular formula is C13H23N3O. The van der Waals surface area contributed by atoms with E-state index in [-0.39, 0.29) is 6.10 Å². The van der Waals surface area contributed by atoms with Crippen LogP contribution in [0.25, 0.3) is 0 Å². The van der Waals surface area contributed by atoms with Crippen LogP contribution < -0.4 is 5.32 Å². The van der Waals surface area contributed by atoms with Gasteiger partial charge >= 0.3 is 0 Å². The minimum atomic E-state index is -0.0401. The second-order valence-corrected chi connectivity index (χ2v) is 5.15. The summed E-state index contributed by atoms with van der Waals surface area (Å²) in [6, 6.07) is 0. The van der Waals surface area contributed by atoms with Crippen molar-refractivity contribution in [1.82, 2.24) is 15.1 Å². The number of hydrogen-bond donors (Lipinski definition) is 2. The molecule has 17 heavy (non-hydrogen) atoms. The first-order valence-corrected chi connectivity index (χ1v) is 6.60. The molecule has 1 heterocycles. The highest BCUT2D eigenvalue weighted by atomic mass is 16.3.